The molecular weight excluding hydrogens is 203 g/mol. The van der Waals surface area contributed by atoms with Crippen molar-refractivity contribution in [1.82, 2.24) is 0 Å². The van der Waals surface area contributed by atoms with Gasteiger partial charge in [0.1, 0.15) is 5.82 Å². The number of nitro benzene ring substituents is 1. The largest absolute Gasteiger partial charge is 0.501 e. The molecule has 0 spiro atoms. The SMILES string of the molecule is N#CC#Cc1cc(F)cc([N+](=O)[O-])c1O. The zero-order chi connectivity index (χ0) is 11.4. The Kier molecular flexibility index (Phi) is 2.85. The predicted octanol–water partition coefficient (Wildman–Crippen LogP) is 1.31. The van der Waals surface area contributed by atoms with E-state index in [4.69, 9.17) is 5.26 Å². The fraction of sp³-hybridized carbons (Fsp3) is 0. The Hall–Kier alpha value is -2.60. The van der Waals surface area contributed by atoms with Crippen LogP contribution >= 0.6 is 0 Å². The topological polar surface area (TPSA) is 87.2 Å². The molecule has 1 N–H and O–H groups in total. The lowest BCUT2D eigenvalue weighted by atomic mass is 10.1. The van der Waals surface area contributed by atoms with Crippen LogP contribution in [0.1, 0.15) is 5.56 Å². The highest BCUT2D eigenvalue weighted by Gasteiger charge is 2.18. The summed E-state index contributed by atoms with van der Waals surface area (Å²) in [5.41, 5.74) is -1.07. The molecular formula is C9H3FN2O3. The normalized spacial score (nSPS) is 8.53. The fourth-order valence-corrected chi connectivity index (χ4v) is 0.915. The number of hydrogen-bond donors (Lipinski definition) is 1. The minimum Gasteiger partial charge on any atom is -0.501 e. The van der Waals surface area contributed by atoms with Crippen LogP contribution < -0.4 is 0 Å². The first kappa shape index (κ1) is 10.5. The highest BCUT2D eigenvalue weighted by atomic mass is 19.1. The molecule has 74 valence electrons. The van der Waals surface area contributed by atoms with Crippen molar-refractivity contribution in [2.24, 2.45) is 0 Å². The van der Waals surface area contributed by atoms with Crippen molar-refractivity contribution in [2.75, 3.05) is 0 Å². The Morgan fingerprint density at radius 2 is 2.20 bits per heavy atom. The van der Waals surface area contributed by atoms with E-state index in [1.54, 1.807) is 0 Å². The van der Waals surface area contributed by atoms with E-state index in [2.05, 4.69) is 5.92 Å². The molecule has 0 amide bonds. The van der Waals surface area contributed by atoms with Gasteiger partial charge < -0.3 is 5.11 Å². The van der Waals surface area contributed by atoms with Gasteiger partial charge in [-0.15, -0.1) is 0 Å². The maximum absolute atomic E-state index is 12.8. The van der Waals surface area contributed by atoms with E-state index in [1.165, 1.54) is 6.07 Å². The smallest absolute Gasteiger partial charge is 0.314 e. The molecule has 6 heteroatoms. The van der Waals surface area contributed by atoms with Crippen molar-refractivity contribution < 1.29 is 14.4 Å². The summed E-state index contributed by atoms with van der Waals surface area (Å²) in [7, 11) is 0. The lowest BCUT2D eigenvalue weighted by molar-refractivity contribution is -0.386. The van der Waals surface area contributed by atoms with Crippen LogP contribution in [0.5, 0.6) is 5.75 Å². The molecule has 0 aromatic heterocycles. The molecule has 0 saturated heterocycles. The summed E-state index contributed by atoms with van der Waals surface area (Å²) in [6.07, 6.45) is 0. The first-order valence-corrected chi connectivity index (χ1v) is 3.63. The van der Waals surface area contributed by atoms with E-state index in [1.807, 2.05) is 5.92 Å². The molecule has 0 fully saturated rings. The summed E-state index contributed by atoms with van der Waals surface area (Å²) in [4.78, 5) is 9.43. The van der Waals surface area contributed by atoms with Crippen LogP contribution in [0.3, 0.4) is 0 Å². The molecule has 15 heavy (non-hydrogen) atoms. The van der Waals surface area contributed by atoms with Crippen molar-refractivity contribution in [2.45, 2.75) is 0 Å². The van der Waals surface area contributed by atoms with Gasteiger partial charge in [-0.3, -0.25) is 10.1 Å². The van der Waals surface area contributed by atoms with Gasteiger partial charge >= 0.3 is 5.69 Å². The molecule has 0 bridgehead atoms. The Morgan fingerprint density at radius 3 is 2.73 bits per heavy atom. The number of benzene rings is 1. The summed E-state index contributed by atoms with van der Waals surface area (Å²) < 4.78 is 12.8. The van der Waals surface area contributed by atoms with Crippen LogP contribution in [0.4, 0.5) is 10.1 Å². The quantitative estimate of drug-likeness (QED) is 0.426. The highest BCUT2D eigenvalue weighted by molar-refractivity contribution is 5.58. The number of nitrogens with zero attached hydrogens (tertiary/aromatic N) is 2. The van der Waals surface area contributed by atoms with E-state index in [0.717, 1.165) is 6.07 Å². The van der Waals surface area contributed by atoms with Crippen molar-refractivity contribution in [1.29, 1.82) is 5.26 Å². The van der Waals surface area contributed by atoms with Crippen LogP contribution in [-0.2, 0) is 0 Å². The number of hydrogen-bond acceptors (Lipinski definition) is 4. The molecule has 0 aliphatic heterocycles. The van der Waals surface area contributed by atoms with Crippen molar-refractivity contribution in [3.05, 3.63) is 33.6 Å². The average molecular weight is 206 g/mol. The van der Waals surface area contributed by atoms with Gasteiger partial charge in [0, 0.05) is 5.92 Å². The van der Waals surface area contributed by atoms with Gasteiger partial charge in [0.05, 0.1) is 16.6 Å². The second-order valence-electron chi connectivity index (χ2n) is 2.44. The molecule has 0 heterocycles. The molecule has 0 radical (unpaired) electrons. The molecule has 0 aliphatic rings. The van der Waals surface area contributed by atoms with Crippen LogP contribution in [0.15, 0.2) is 12.1 Å². The predicted molar refractivity (Wildman–Crippen MR) is 47.2 cm³/mol. The van der Waals surface area contributed by atoms with Gasteiger partial charge in [-0.05, 0) is 12.0 Å². The third-order valence-electron chi connectivity index (χ3n) is 1.50. The van der Waals surface area contributed by atoms with Crippen molar-refractivity contribution in [3.63, 3.8) is 0 Å². The Labute approximate surface area is 83.5 Å². The fourth-order valence-electron chi connectivity index (χ4n) is 0.915. The van der Waals surface area contributed by atoms with Gasteiger partial charge in [0.2, 0.25) is 5.75 Å². The second kappa shape index (κ2) is 4.07. The Bertz CT molecular complexity index is 523. The summed E-state index contributed by atoms with van der Waals surface area (Å²) in [6, 6.07) is 2.84. The number of halogens is 1. The second-order valence-corrected chi connectivity index (χ2v) is 2.44. The summed E-state index contributed by atoms with van der Waals surface area (Å²) in [5, 5.41) is 27.8. The molecule has 0 atom stereocenters. The van der Waals surface area contributed by atoms with Gasteiger partial charge in [0.25, 0.3) is 0 Å². The van der Waals surface area contributed by atoms with Gasteiger partial charge in [-0.25, -0.2) is 4.39 Å². The molecule has 5 nitrogen and oxygen atoms in total. The van der Waals surface area contributed by atoms with Crippen LogP contribution in [0, 0.1) is 39.1 Å². The number of rotatable bonds is 1. The monoisotopic (exact) mass is 206 g/mol. The van der Waals surface area contributed by atoms with Crippen LogP contribution in [-0.4, -0.2) is 10.0 Å². The maximum atomic E-state index is 12.8. The average Bonchev–Trinajstić information content (AvgIpc) is 2.18. The number of nitro groups is 1. The number of aromatic hydroxyl groups is 1. The first-order valence-electron chi connectivity index (χ1n) is 3.63. The number of phenols is 1. The molecule has 0 aliphatic carbocycles. The summed E-state index contributed by atoms with van der Waals surface area (Å²) in [6.45, 7) is 0. The standard InChI is InChI=1S/C9H3FN2O3/c10-7-4-6(2-1-3-11)9(13)8(5-7)12(14)15/h4-5,13H. The molecule has 0 saturated carbocycles. The van der Waals surface area contributed by atoms with Gasteiger partial charge in [-0.1, -0.05) is 0 Å². The highest BCUT2D eigenvalue weighted by Crippen LogP contribution is 2.29. The van der Waals surface area contributed by atoms with E-state index in [-0.39, 0.29) is 5.56 Å². The summed E-state index contributed by atoms with van der Waals surface area (Å²) in [5.74, 6) is 2.35. The molecule has 0 unspecified atom stereocenters. The molecule has 1 rings (SSSR count). The minimum absolute atomic E-state index is 0.289. The maximum Gasteiger partial charge on any atom is 0.314 e. The van der Waals surface area contributed by atoms with E-state index in [9.17, 15) is 19.6 Å². The lowest BCUT2D eigenvalue weighted by Crippen LogP contribution is -1.92. The number of phenolic OH excluding ortho intramolecular Hbond substituents is 1. The Balaban J connectivity index is 3.42. The number of nitriles is 1. The lowest BCUT2D eigenvalue weighted by Gasteiger charge is -1.98. The zero-order valence-electron chi connectivity index (χ0n) is 7.19. The Morgan fingerprint density at radius 1 is 1.53 bits per heavy atom. The van der Waals surface area contributed by atoms with Crippen molar-refractivity contribution in [3.8, 4) is 23.7 Å². The van der Waals surface area contributed by atoms with E-state index in [0.29, 0.717) is 6.07 Å². The third kappa shape index (κ3) is 2.20. The van der Waals surface area contributed by atoms with Crippen LogP contribution in [0.2, 0.25) is 0 Å². The summed E-state index contributed by atoms with van der Waals surface area (Å²) >= 11 is 0. The minimum atomic E-state index is -0.935. The zero-order valence-corrected chi connectivity index (χ0v) is 7.19. The first-order chi connectivity index (χ1) is 7.06. The van der Waals surface area contributed by atoms with E-state index >= 15 is 0 Å². The van der Waals surface area contributed by atoms with Crippen molar-refractivity contribution >= 4 is 5.69 Å². The van der Waals surface area contributed by atoms with Gasteiger partial charge in [-0.2, -0.15) is 5.26 Å². The molecule has 1 aromatic carbocycles. The molecule has 1 aromatic rings. The van der Waals surface area contributed by atoms with E-state index < -0.39 is 22.2 Å². The third-order valence-corrected chi connectivity index (χ3v) is 1.50. The van der Waals surface area contributed by atoms with Crippen LogP contribution in [0.25, 0.3) is 0 Å². The van der Waals surface area contributed by atoms with Gasteiger partial charge in [0.15, 0.2) is 6.07 Å².